The van der Waals surface area contributed by atoms with E-state index in [0.29, 0.717) is 24.2 Å². The average molecular weight is 226 g/mol. The number of hydrogen-bond donors (Lipinski definition) is 2. The monoisotopic (exact) mass is 226 g/mol. The van der Waals surface area contributed by atoms with Gasteiger partial charge in [0.1, 0.15) is 0 Å². The van der Waals surface area contributed by atoms with Crippen LogP contribution in [0.25, 0.3) is 0 Å². The fourth-order valence-electron chi connectivity index (χ4n) is 4.54. The van der Waals surface area contributed by atoms with Gasteiger partial charge < -0.3 is 5.11 Å². The Kier molecular flexibility index (Phi) is 2.27. The second-order valence-electron chi connectivity index (χ2n) is 5.96. The zero-order chi connectivity index (χ0) is 11.3. The molecule has 4 bridgehead atoms. The second kappa shape index (κ2) is 3.44. The summed E-state index contributed by atoms with van der Waals surface area (Å²) in [6.45, 7) is 0. The number of fused-ring (bicyclic) bond motifs is 1. The normalized spacial score (nSPS) is 50.3. The first kappa shape index (κ1) is 10.5. The summed E-state index contributed by atoms with van der Waals surface area (Å²) in [7, 11) is 0. The van der Waals surface area contributed by atoms with Crippen LogP contribution in [0.2, 0.25) is 0 Å². The van der Waals surface area contributed by atoms with E-state index in [9.17, 15) is 9.90 Å². The van der Waals surface area contributed by atoms with Crippen molar-refractivity contribution in [2.75, 3.05) is 0 Å². The largest absolute Gasteiger partial charge is 0.479 e. The quantitative estimate of drug-likeness (QED) is 0.559. The first-order valence-corrected chi connectivity index (χ1v) is 6.20. The zero-order valence-corrected chi connectivity index (χ0v) is 9.26. The van der Waals surface area contributed by atoms with Gasteiger partial charge >= 0.3 is 5.97 Å². The van der Waals surface area contributed by atoms with Crippen molar-refractivity contribution in [1.29, 1.82) is 0 Å². The number of aliphatic carboxylic acids is 1. The minimum atomic E-state index is -1.31. The standard InChI is InChI=1S/C12H18O4/c13-11(14)12(16-15)6-9-2-7-1-8(3-9)5-10(12)4-7/h7-10,15H,1-6H2,(H,13,14). The zero-order valence-electron chi connectivity index (χ0n) is 9.26. The van der Waals surface area contributed by atoms with Crippen molar-refractivity contribution >= 4 is 5.97 Å². The highest BCUT2D eigenvalue weighted by Crippen LogP contribution is 2.55. The maximum atomic E-state index is 11.4. The molecule has 4 heteroatoms. The van der Waals surface area contributed by atoms with Gasteiger partial charge in [-0.1, -0.05) is 0 Å². The molecule has 4 nitrogen and oxygen atoms in total. The van der Waals surface area contributed by atoms with E-state index >= 15 is 0 Å². The molecule has 4 rings (SSSR count). The number of carboxylic acids is 1. The summed E-state index contributed by atoms with van der Waals surface area (Å²) in [4.78, 5) is 15.9. The van der Waals surface area contributed by atoms with Gasteiger partial charge in [-0.25, -0.2) is 9.68 Å². The molecule has 0 aromatic heterocycles. The predicted molar refractivity (Wildman–Crippen MR) is 55.7 cm³/mol. The highest BCUT2D eigenvalue weighted by atomic mass is 17.1. The van der Waals surface area contributed by atoms with Crippen LogP contribution in [0, 0.1) is 23.7 Å². The molecule has 0 heterocycles. The Morgan fingerprint density at radius 3 is 2.12 bits per heavy atom. The SMILES string of the molecule is O=C(O)C1(OO)CC2CC3CC(C2)CC1C3. The molecular weight excluding hydrogens is 208 g/mol. The third kappa shape index (κ3) is 1.32. The Morgan fingerprint density at radius 2 is 1.62 bits per heavy atom. The van der Waals surface area contributed by atoms with Gasteiger partial charge in [-0.15, -0.1) is 0 Å². The van der Waals surface area contributed by atoms with Crippen LogP contribution in [-0.2, 0) is 9.68 Å². The maximum Gasteiger partial charge on any atom is 0.339 e. The Labute approximate surface area is 94.5 Å². The van der Waals surface area contributed by atoms with Crippen molar-refractivity contribution in [1.82, 2.24) is 0 Å². The van der Waals surface area contributed by atoms with Crippen LogP contribution >= 0.6 is 0 Å². The minimum Gasteiger partial charge on any atom is -0.479 e. The van der Waals surface area contributed by atoms with E-state index in [4.69, 9.17) is 5.26 Å². The van der Waals surface area contributed by atoms with Gasteiger partial charge in [0, 0.05) is 5.92 Å². The Balaban J connectivity index is 1.99. The molecule has 90 valence electrons. The van der Waals surface area contributed by atoms with Crippen LogP contribution in [0.15, 0.2) is 0 Å². The smallest absolute Gasteiger partial charge is 0.339 e. The summed E-state index contributed by atoms with van der Waals surface area (Å²) < 4.78 is 0. The molecule has 4 fully saturated rings. The summed E-state index contributed by atoms with van der Waals surface area (Å²) in [5.41, 5.74) is -1.31. The molecule has 0 aromatic rings. The fraction of sp³-hybridized carbons (Fsp3) is 0.917. The highest BCUT2D eigenvalue weighted by molar-refractivity contribution is 5.78. The van der Waals surface area contributed by atoms with Crippen molar-refractivity contribution < 1.29 is 20.0 Å². The number of carboxylic acid groups (broad SMARTS) is 1. The van der Waals surface area contributed by atoms with Crippen LogP contribution in [0.4, 0.5) is 0 Å². The van der Waals surface area contributed by atoms with E-state index < -0.39 is 11.6 Å². The third-order valence-corrected chi connectivity index (χ3v) is 5.01. The third-order valence-electron chi connectivity index (χ3n) is 5.01. The molecule has 0 saturated heterocycles. The van der Waals surface area contributed by atoms with Gasteiger partial charge in [-0.2, -0.15) is 0 Å². The van der Waals surface area contributed by atoms with Crippen molar-refractivity contribution in [2.24, 2.45) is 23.7 Å². The van der Waals surface area contributed by atoms with E-state index in [1.54, 1.807) is 0 Å². The molecule has 3 atom stereocenters. The van der Waals surface area contributed by atoms with Crippen LogP contribution in [0.1, 0.15) is 38.5 Å². The molecule has 4 aliphatic rings. The van der Waals surface area contributed by atoms with E-state index in [1.807, 2.05) is 0 Å². The van der Waals surface area contributed by atoms with Crippen molar-refractivity contribution in [3.63, 3.8) is 0 Å². The van der Waals surface area contributed by atoms with E-state index in [0.717, 1.165) is 25.7 Å². The lowest BCUT2D eigenvalue weighted by molar-refractivity contribution is -0.333. The summed E-state index contributed by atoms with van der Waals surface area (Å²) in [5.74, 6) is 0.789. The number of rotatable bonds is 2. The molecule has 2 N–H and O–H groups in total. The second-order valence-corrected chi connectivity index (χ2v) is 5.96. The lowest BCUT2D eigenvalue weighted by atomic mass is 9.67. The molecule has 0 radical (unpaired) electrons. The Morgan fingerprint density at radius 1 is 1.06 bits per heavy atom. The molecule has 4 aliphatic carbocycles. The summed E-state index contributed by atoms with van der Waals surface area (Å²) in [5, 5.41) is 18.5. The molecule has 16 heavy (non-hydrogen) atoms. The minimum absolute atomic E-state index is 0.00579. The molecular formula is C12H18O4. The number of hydrogen-bond acceptors (Lipinski definition) is 3. The fourth-order valence-corrected chi connectivity index (χ4v) is 4.54. The average Bonchev–Trinajstić information content (AvgIpc) is 2.40. The van der Waals surface area contributed by atoms with Crippen molar-refractivity contribution in [3.8, 4) is 0 Å². The topological polar surface area (TPSA) is 66.8 Å². The summed E-state index contributed by atoms with van der Waals surface area (Å²) in [6.07, 6.45) is 5.85. The molecule has 0 aliphatic heterocycles. The lowest BCUT2D eigenvalue weighted by Gasteiger charge is -2.39. The van der Waals surface area contributed by atoms with Crippen LogP contribution in [0.3, 0.4) is 0 Å². The summed E-state index contributed by atoms with van der Waals surface area (Å²) in [6, 6.07) is 0. The van der Waals surface area contributed by atoms with Crippen LogP contribution in [0.5, 0.6) is 0 Å². The molecule has 4 saturated carbocycles. The van der Waals surface area contributed by atoms with Crippen molar-refractivity contribution in [3.05, 3.63) is 0 Å². The van der Waals surface area contributed by atoms with Crippen molar-refractivity contribution in [2.45, 2.75) is 44.1 Å². The Bertz CT molecular complexity index is 302. The first-order valence-electron chi connectivity index (χ1n) is 6.20. The van der Waals surface area contributed by atoms with Gasteiger partial charge in [-0.3, -0.25) is 5.26 Å². The van der Waals surface area contributed by atoms with Crippen LogP contribution < -0.4 is 0 Å². The van der Waals surface area contributed by atoms with E-state index in [2.05, 4.69) is 4.89 Å². The van der Waals surface area contributed by atoms with Gasteiger partial charge in [0.15, 0.2) is 0 Å². The van der Waals surface area contributed by atoms with E-state index in [1.165, 1.54) is 6.42 Å². The predicted octanol–water partition coefficient (Wildman–Crippen LogP) is 2.15. The molecule has 3 unspecified atom stereocenters. The van der Waals surface area contributed by atoms with Gasteiger partial charge in [0.25, 0.3) is 0 Å². The Hall–Kier alpha value is -0.610. The van der Waals surface area contributed by atoms with Gasteiger partial charge in [0.05, 0.1) is 0 Å². The molecule has 0 spiro atoms. The maximum absolute atomic E-state index is 11.4. The van der Waals surface area contributed by atoms with Gasteiger partial charge in [0.2, 0.25) is 5.60 Å². The number of carbonyl (C=O) groups is 1. The first-order chi connectivity index (χ1) is 7.64. The summed E-state index contributed by atoms with van der Waals surface area (Å²) >= 11 is 0. The van der Waals surface area contributed by atoms with Gasteiger partial charge in [-0.05, 0) is 56.3 Å². The highest BCUT2D eigenvalue weighted by Gasteiger charge is 2.57. The molecule has 0 aromatic carbocycles. The molecule has 0 amide bonds. The lowest BCUT2D eigenvalue weighted by Crippen LogP contribution is -2.48. The van der Waals surface area contributed by atoms with E-state index in [-0.39, 0.29) is 5.92 Å². The van der Waals surface area contributed by atoms with Crippen LogP contribution in [-0.4, -0.2) is 21.9 Å².